The topological polar surface area (TPSA) is 68.4 Å². The number of aromatic nitrogens is 3. The lowest BCUT2D eigenvalue weighted by atomic mass is 9.97. The van der Waals surface area contributed by atoms with E-state index in [0.717, 1.165) is 42.5 Å². The molecule has 6 nitrogen and oxygen atoms in total. The Morgan fingerprint density at radius 1 is 1.19 bits per heavy atom. The largest absolute Gasteiger partial charge is 0.350 e. The molecule has 1 atom stereocenters. The van der Waals surface area contributed by atoms with Gasteiger partial charge in [-0.25, -0.2) is 4.52 Å². The fourth-order valence-electron chi connectivity index (χ4n) is 3.79. The maximum absolute atomic E-state index is 12.9. The van der Waals surface area contributed by atoms with E-state index in [-0.39, 0.29) is 23.9 Å². The minimum absolute atomic E-state index is 0.0558. The summed E-state index contributed by atoms with van der Waals surface area (Å²) < 4.78 is 3.32. The molecule has 1 aromatic carbocycles. The van der Waals surface area contributed by atoms with Gasteiger partial charge in [0, 0.05) is 30.9 Å². The maximum Gasteiger partial charge on any atom is 0.276 e. The summed E-state index contributed by atoms with van der Waals surface area (Å²) in [5.41, 5.74) is 3.81. The molecule has 0 radical (unpaired) electrons. The van der Waals surface area contributed by atoms with Crippen LogP contribution in [0.4, 0.5) is 0 Å². The molecule has 0 saturated carbocycles. The van der Waals surface area contributed by atoms with Gasteiger partial charge in [0.15, 0.2) is 0 Å². The van der Waals surface area contributed by atoms with E-state index in [1.807, 2.05) is 43.5 Å². The van der Waals surface area contributed by atoms with Crippen LogP contribution in [0.15, 0.2) is 47.5 Å². The van der Waals surface area contributed by atoms with Gasteiger partial charge in [-0.05, 0) is 38.2 Å². The van der Waals surface area contributed by atoms with Crippen LogP contribution in [0, 0.1) is 0 Å². The van der Waals surface area contributed by atoms with Crippen LogP contribution < -0.4 is 10.9 Å². The lowest BCUT2D eigenvalue weighted by molar-refractivity contribution is -0.121. The summed E-state index contributed by atoms with van der Waals surface area (Å²) in [5.74, 6) is -0.0614. The molecule has 0 spiro atoms. The lowest BCUT2D eigenvalue weighted by Crippen LogP contribution is -2.29. The Kier molecular flexibility index (Phi) is 4.79. The highest BCUT2D eigenvalue weighted by Crippen LogP contribution is 2.22. The first-order valence-electron chi connectivity index (χ1n) is 9.57. The van der Waals surface area contributed by atoms with E-state index in [1.54, 1.807) is 15.3 Å². The van der Waals surface area contributed by atoms with E-state index in [1.165, 1.54) is 0 Å². The molecule has 2 aromatic heterocycles. The molecule has 1 unspecified atom stereocenters. The summed E-state index contributed by atoms with van der Waals surface area (Å²) in [6.45, 7) is 2.33. The quantitative estimate of drug-likeness (QED) is 0.757. The average Bonchev–Trinajstić information content (AvgIpc) is 3.07. The predicted molar refractivity (Wildman–Crippen MR) is 104 cm³/mol. The predicted octanol–water partition coefficient (Wildman–Crippen LogP) is 2.64. The van der Waals surface area contributed by atoms with Crippen molar-refractivity contribution in [3.8, 4) is 0 Å². The first-order chi connectivity index (χ1) is 13.1. The zero-order chi connectivity index (χ0) is 18.8. The molecule has 0 fully saturated rings. The van der Waals surface area contributed by atoms with E-state index in [0.29, 0.717) is 12.1 Å². The van der Waals surface area contributed by atoms with Crippen LogP contribution >= 0.6 is 0 Å². The molecule has 1 amide bonds. The first-order valence-corrected chi connectivity index (χ1v) is 9.57. The van der Waals surface area contributed by atoms with Crippen molar-refractivity contribution >= 4 is 11.4 Å². The molecule has 27 heavy (non-hydrogen) atoms. The molecule has 2 heterocycles. The SMILES string of the molecule is CC(NC(=O)CCn1ccn2nc3c(c2c1=O)CCCC3)c1ccccc1. The van der Waals surface area contributed by atoms with Crippen LogP contribution in [0.2, 0.25) is 0 Å². The van der Waals surface area contributed by atoms with E-state index in [4.69, 9.17) is 0 Å². The van der Waals surface area contributed by atoms with Crippen LogP contribution in [0.25, 0.3) is 5.52 Å². The highest BCUT2D eigenvalue weighted by molar-refractivity contribution is 5.76. The van der Waals surface area contributed by atoms with Crippen molar-refractivity contribution in [3.63, 3.8) is 0 Å². The first kappa shape index (κ1) is 17.5. The summed E-state index contributed by atoms with van der Waals surface area (Å²) in [6.07, 6.45) is 7.89. The second-order valence-corrected chi connectivity index (χ2v) is 7.17. The average molecular weight is 364 g/mol. The summed E-state index contributed by atoms with van der Waals surface area (Å²) in [4.78, 5) is 25.2. The van der Waals surface area contributed by atoms with E-state index in [9.17, 15) is 9.59 Å². The van der Waals surface area contributed by atoms with Gasteiger partial charge >= 0.3 is 0 Å². The van der Waals surface area contributed by atoms with Gasteiger partial charge in [0.25, 0.3) is 5.56 Å². The third-order valence-electron chi connectivity index (χ3n) is 5.29. The molecule has 0 aliphatic heterocycles. The number of nitrogens with zero attached hydrogens (tertiary/aromatic N) is 3. The van der Waals surface area contributed by atoms with Crippen LogP contribution in [0.5, 0.6) is 0 Å². The highest BCUT2D eigenvalue weighted by atomic mass is 16.2. The minimum Gasteiger partial charge on any atom is -0.350 e. The van der Waals surface area contributed by atoms with Gasteiger partial charge in [-0.1, -0.05) is 30.3 Å². The molecule has 140 valence electrons. The number of rotatable bonds is 5. The standard InChI is InChI=1S/C21H24N4O2/c1-15(16-7-3-2-4-8-16)22-19(26)11-12-24-13-14-25-20(21(24)27)17-9-5-6-10-18(17)23-25/h2-4,7-8,13-15H,5-6,9-12H2,1H3,(H,22,26). The zero-order valence-electron chi connectivity index (χ0n) is 15.5. The Balaban J connectivity index is 1.47. The zero-order valence-corrected chi connectivity index (χ0v) is 15.5. The number of amides is 1. The van der Waals surface area contributed by atoms with Crippen molar-refractivity contribution in [1.82, 2.24) is 19.5 Å². The third kappa shape index (κ3) is 3.52. The smallest absolute Gasteiger partial charge is 0.276 e. The molecule has 1 aliphatic rings. The number of aryl methyl sites for hydroxylation is 3. The Bertz CT molecular complexity index is 1020. The van der Waals surface area contributed by atoms with Gasteiger partial charge in [-0.3, -0.25) is 9.59 Å². The van der Waals surface area contributed by atoms with Crippen molar-refractivity contribution in [2.45, 2.75) is 51.6 Å². The Hall–Kier alpha value is -2.89. The van der Waals surface area contributed by atoms with Crippen LogP contribution in [-0.2, 0) is 24.2 Å². The summed E-state index contributed by atoms with van der Waals surface area (Å²) in [5, 5.41) is 7.54. The van der Waals surface area contributed by atoms with Gasteiger partial charge in [-0.2, -0.15) is 5.10 Å². The molecule has 0 saturated heterocycles. The number of nitrogens with one attached hydrogen (secondary N) is 1. The summed E-state index contributed by atoms with van der Waals surface area (Å²) in [7, 11) is 0. The monoisotopic (exact) mass is 364 g/mol. The molecule has 1 aliphatic carbocycles. The normalized spacial score (nSPS) is 14.7. The van der Waals surface area contributed by atoms with Gasteiger partial charge < -0.3 is 9.88 Å². The van der Waals surface area contributed by atoms with Crippen molar-refractivity contribution in [2.24, 2.45) is 0 Å². The minimum atomic E-state index is -0.0614. The van der Waals surface area contributed by atoms with Crippen molar-refractivity contribution in [1.29, 1.82) is 0 Å². The molecule has 1 N–H and O–H groups in total. The van der Waals surface area contributed by atoms with E-state index in [2.05, 4.69) is 10.4 Å². The highest BCUT2D eigenvalue weighted by Gasteiger charge is 2.19. The summed E-state index contributed by atoms with van der Waals surface area (Å²) in [6, 6.07) is 9.80. The van der Waals surface area contributed by atoms with Crippen molar-refractivity contribution < 1.29 is 4.79 Å². The van der Waals surface area contributed by atoms with Crippen LogP contribution in [0.1, 0.15) is 49.0 Å². The van der Waals surface area contributed by atoms with Gasteiger partial charge in [0.05, 0.1) is 11.7 Å². The Morgan fingerprint density at radius 3 is 2.78 bits per heavy atom. The molecule has 4 rings (SSSR count). The molecule has 0 bridgehead atoms. The maximum atomic E-state index is 12.9. The van der Waals surface area contributed by atoms with E-state index < -0.39 is 0 Å². The fourth-order valence-corrected chi connectivity index (χ4v) is 3.79. The van der Waals surface area contributed by atoms with Gasteiger partial charge in [-0.15, -0.1) is 0 Å². The third-order valence-corrected chi connectivity index (χ3v) is 5.29. The van der Waals surface area contributed by atoms with Crippen molar-refractivity contribution in [2.75, 3.05) is 0 Å². The molecular formula is C21H24N4O2. The number of carbonyl (C=O) groups excluding carboxylic acids is 1. The molecule has 3 aromatic rings. The Labute approximate surface area is 157 Å². The van der Waals surface area contributed by atoms with Gasteiger partial charge in [0.1, 0.15) is 5.52 Å². The Morgan fingerprint density at radius 2 is 1.96 bits per heavy atom. The second-order valence-electron chi connectivity index (χ2n) is 7.17. The van der Waals surface area contributed by atoms with Crippen LogP contribution in [0.3, 0.4) is 0 Å². The summed E-state index contributed by atoms with van der Waals surface area (Å²) >= 11 is 0. The van der Waals surface area contributed by atoms with Crippen molar-refractivity contribution in [3.05, 3.63) is 69.9 Å². The van der Waals surface area contributed by atoms with Crippen LogP contribution in [-0.4, -0.2) is 20.1 Å². The lowest BCUT2D eigenvalue weighted by Gasteiger charge is -2.14. The number of benzene rings is 1. The second kappa shape index (κ2) is 7.39. The number of hydrogen-bond donors (Lipinski definition) is 1. The molecule has 6 heteroatoms. The molecular weight excluding hydrogens is 340 g/mol. The number of hydrogen-bond acceptors (Lipinski definition) is 3. The number of fused-ring (bicyclic) bond motifs is 3. The van der Waals surface area contributed by atoms with Gasteiger partial charge in [0.2, 0.25) is 5.91 Å². The van der Waals surface area contributed by atoms with E-state index >= 15 is 0 Å². The number of carbonyl (C=O) groups is 1. The fraction of sp³-hybridized carbons (Fsp3) is 0.381.